The van der Waals surface area contributed by atoms with E-state index >= 15 is 0 Å². The van der Waals surface area contributed by atoms with E-state index in [0.717, 1.165) is 19.5 Å². The summed E-state index contributed by atoms with van der Waals surface area (Å²) in [5.74, 6) is -0.00523. The molecule has 0 radical (unpaired) electrons. The topological polar surface area (TPSA) is 46.1 Å². The van der Waals surface area contributed by atoms with E-state index in [9.17, 15) is 4.79 Å². The lowest BCUT2D eigenvalue weighted by Crippen LogP contribution is -2.42. The fourth-order valence-electron chi connectivity index (χ4n) is 1.09. The van der Waals surface area contributed by atoms with E-state index in [1.54, 1.807) is 11.1 Å². The van der Waals surface area contributed by atoms with Crippen LogP contribution in [0.4, 0.5) is 0 Å². The maximum absolute atomic E-state index is 11.5. The van der Waals surface area contributed by atoms with E-state index in [2.05, 4.69) is 9.97 Å². The van der Waals surface area contributed by atoms with Crippen molar-refractivity contribution >= 4 is 5.91 Å². The molecule has 1 aliphatic heterocycles. The molecular weight excluding hydrogens is 154 g/mol. The Hall–Kier alpha value is -1.45. The summed E-state index contributed by atoms with van der Waals surface area (Å²) >= 11 is 0. The van der Waals surface area contributed by atoms with Crippen molar-refractivity contribution in [1.29, 1.82) is 0 Å². The summed E-state index contributed by atoms with van der Waals surface area (Å²) in [4.78, 5) is 21.0. The Morgan fingerprint density at radius 1 is 1.42 bits per heavy atom. The highest BCUT2D eigenvalue weighted by atomic mass is 16.2. The Bertz CT molecular complexity index is 282. The van der Waals surface area contributed by atoms with Gasteiger partial charge in [-0.2, -0.15) is 0 Å². The van der Waals surface area contributed by atoms with Gasteiger partial charge in [-0.3, -0.25) is 9.78 Å². The standard InChI is InChI=1S/C8H9N3O/c12-8(11-4-1-5-11)7-6-9-2-3-10-7/h2-3,6H,1,4-5H2. The van der Waals surface area contributed by atoms with E-state index in [1.807, 2.05) is 0 Å². The quantitative estimate of drug-likeness (QED) is 0.599. The van der Waals surface area contributed by atoms with Crippen LogP contribution in [0.25, 0.3) is 0 Å². The summed E-state index contributed by atoms with van der Waals surface area (Å²) in [5.41, 5.74) is 0.442. The highest BCUT2D eigenvalue weighted by Crippen LogP contribution is 2.09. The van der Waals surface area contributed by atoms with Gasteiger partial charge in [0.25, 0.3) is 5.91 Å². The van der Waals surface area contributed by atoms with Crippen molar-refractivity contribution in [3.05, 3.63) is 24.3 Å². The van der Waals surface area contributed by atoms with Crippen molar-refractivity contribution in [2.45, 2.75) is 6.42 Å². The number of hydrogen-bond donors (Lipinski definition) is 0. The number of rotatable bonds is 1. The van der Waals surface area contributed by atoms with Crippen molar-refractivity contribution in [1.82, 2.24) is 14.9 Å². The van der Waals surface area contributed by atoms with Crippen LogP contribution in [-0.4, -0.2) is 33.9 Å². The van der Waals surface area contributed by atoms with Gasteiger partial charge in [0.2, 0.25) is 0 Å². The van der Waals surface area contributed by atoms with Crippen molar-refractivity contribution in [3.8, 4) is 0 Å². The summed E-state index contributed by atoms with van der Waals surface area (Å²) in [6, 6.07) is 0. The first kappa shape index (κ1) is 7.21. The van der Waals surface area contributed by atoms with Gasteiger partial charge in [0.15, 0.2) is 0 Å². The summed E-state index contributed by atoms with van der Waals surface area (Å²) in [6.45, 7) is 1.71. The van der Waals surface area contributed by atoms with Gasteiger partial charge in [-0.1, -0.05) is 0 Å². The van der Waals surface area contributed by atoms with Crippen LogP contribution in [0.5, 0.6) is 0 Å². The third-order valence-electron chi connectivity index (χ3n) is 1.93. The number of aromatic nitrogens is 2. The molecule has 0 atom stereocenters. The zero-order chi connectivity index (χ0) is 8.39. The van der Waals surface area contributed by atoms with Gasteiger partial charge in [0.1, 0.15) is 5.69 Å². The summed E-state index contributed by atoms with van der Waals surface area (Å²) in [5, 5.41) is 0. The van der Waals surface area contributed by atoms with Crippen molar-refractivity contribution < 1.29 is 4.79 Å². The molecule has 1 fully saturated rings. The van der Waals surface area contributed by atoms with Crippen LogP contribution in [0.15, 0.2) is 18.6 Å². The minimum Gasteiger partial charge on any atom is -0.337 e. The molecule has 0 bridgehead atoms. The van der Waals surface area contributed by atoms with E-state index in [1.165, 1.54) is 12.4 Å². The van der Waals surface area contributed by atoms with Crippen LogP contribution < -0.4 is 0 Å². The lowest BCUT2D eigenvalue weighted by molar-refractivity contribution is 0.0645. The molecule has 0 N–H and O–H groups in total. The second-order valence-corrected chi connectivity index (χ2v) is 2.74. The Morgan fingerprint density at radius 2 is 2.25 bits per heavy atom. The molecule has 4 heteroatoms. The Morgan fingerprint density at radius 3 is 2.75 bits per heavy atom. The van der Waals surface area contributed by atoms with E-state index < -0.39 is 0 Å². The minimum atomic E-state index is -0.00523. The van der Waals surface area contributed by atoms with Gasteiger partial charge in [0, 0.05) is 25.5 Å². The molecule has 1 aromatic heterocycles. The summed E-state index contributed by atoms with van der Waals surface area (Å²) in [7, 11) is 0. The molecule has 0 unspecified atom stereocenters. The molecule has 1 saturated heterocycles. The van der Waals surface area contributed by atoms with Gasteiger partial charge < -0.3 is 4.90 Å². The molecule has 0 saturated carbocycles. The second-order valence-electron chi connectivity index (χ2n) is 2.74. The molecular formula is C8H9N3O. The molecule has 0 aliphatic carbocycles. The highest BCUT2D eigenvalue weighted by molar-refractivity contribution is 5.92. The van der Waals surface area contributed by atoms with Gasteiger partial charge in [-0.25, -0.2) is 4.98 Å². The average molecular weight is 163 g/mol. The normalized spacial score (nSPS) is 15.5. The fourth-order valence-corrected chi connectivity index (χ4v) is 1.09. The third kappa shape index (κ3) is 1.15. The maximum Gasteiger partial charge on any atom is 0.274 e. The largest absolute Gasteiger partial charge is 0.337 e. The predicted molar refractivity (Wildman–Crippen MR) is 42.6 cm³/mol. The van der Waals surface area contributed by atoms with E-state index in [0.29, 0.717) is 5.69 Å². The maximum atomic E-state index is 11.5. The zero-order valence-corrected chi connectivity index (χ0v) is 6.60. The number of carbonyl (C=O) groups is 1. The lowest BCUT2D eigenvalue weighted by atomic mass is 10.2. The van der Waals surface area contributed by atoms with Gasteiger partial charge in [-0.05, 0) is 6.42 Å². The Labute approximate surface area is 70.2 Å². The predicted octanol–water partition coefficient (Wildman–Crippen LogP) is 0.322. The van der Waals surface area contributed by atoms with Crippen molar-refractivity contribution in [2.24, 2.45) is 0 Å². The van der Waals surface area contributed by atoms with Gasteiger partial charge >= 0.3 is 0 Å². The number of hydrogen-bond acceptors (Lipinski definition) is 3. The number of likely N-dealkylation sites (tertiary alicyclic amines) is 1. The van der Waals surface area contributed by atoms with Crippen LogP contribution in [0.3, 0.4) is 0 Å². The summed E-state index contributed by atoms with van der Waals surface area (Å²) in [6.07, 6.45) is 5.70. The van der Waals surface area contributed by atoms with Crippen molar-refractivity contribution in [2.75, 3.05) is 13.1 Å². The molecule has 1 amide bonds. The van der Waals surface area contributed by atoms with Crippen molar-refractivity contribution in [3.63, 3.8) is 0 Å². The molecule has 12 heavy (non-hydrogen) atoms. The van der Waals surface area contributed by atoms with Gasteiger partial charge in [0.05, 0.1) is 6.20 Å². The summed E-state index contributed by atoms with van der Waals surface area (Å²) < 4.78 is 0. The van der Waals surface area contributed by atoms with Crippen LogP contribution in [0.2, 0.25) is 0 Å². The van der Waals surface area contributed by atoms with Crippen LogP contribution in [-0.2, 0) is 0 Å². The first-order chi connectivity index (χ1) is 5.88. The molecule has 62 valence electrons. The SMILES string of the molecule is O=C(c1cnccn1)N1CCC1. The number of amides is 1. The monoisotopic (exact) mass is 163 g/mol. The molecule has 4 nitrogen and oxygen atoms in total. The lowest BCUT2D eigenvalue weighted by Gasteiger charge is -2.30. The van der Waals surface area contributed by atoms with E-state index in [-0.39, 0.29) is 5.91 Å². The van der Waals surface area contributed by atoms with Crippen LogP contribution >= 0.6 is 0 Å². The number of carbonyl (C=O) groups excluding carboxylic acids is 1. The first-order valence-electron chi connectivity index (χ1n) is 3.93. The zero-order valence-electron chi connectivity index (χ0n) is 6.60. The molecule has 0 aromatic carbocycles. The van der Waals surface area contributed by atoms with Crippen LogP contribution in [0.1, 0.15) is 16.9 Å². The minimum absolute atomic E-state index is 0.00523. The molecule has 1 aliphatic rings. The molecule has 1 aromatic rings. The Balaban J connectivity index is 2.14. The second kappa shape index (κ2) is 2.89. The molecule has 2 heterocycles. The van der Waals surface area contributed by atoms with E-state index in [4.69, 9.17) is 0 Å². The number of nitrogens with zero attached hydrogens (tertiary/aromatic N) is 3. The Kier molecular flexibility index (Phi) is 1.74. The molecule has 0 spiro atoms. The average Bonchev–Trinajstić information content (AvgIpc) is 2.03. The third-order valence-corrected chi connectivity index (χ3v) is 1.93. The first-order valence-corrected chi connectivity index (χ1v) is 3.93. The fraction of sp³-hybridized carbons (Fsp3) is 0.375. The highest BCUT2D eigenvalue weighted by Gasteiger charge is 2.22. The van der Waals surface area contributed by atoms with Crippen LogP contribution in [0, 0.1) is 0 Å². The van der Waals surface area contributed by atoms with Gasteiger partial charge in [-0.15, -0.1) is 0 Å². The molecule has 2 rings (SSSR count). The smallest absolute Gasteiger partial charge is 0.274 e.